The van der Waals surface area contributed by atoms with Crippen LogP contribution in [0.15, 0.2) is 18.2 Å². The van der Waals surface area contributed by atoms with Gasteiger partial charge in [0.2, 0.25) is 0 Å². The van der Waals surface area contributed by atoms with E-state index in [0.29, 0.717) is 13.2 Å². The maximum absolute atomic E-state index is 13.2. The van der Waals surface area contributed by atoms with Gasteiger partial charge in [-0.25, -0.2) is 4.39 Å². The summed E-state index contributed by atoms with van der Waals surface area (Å²) in [4.78, 5) is 2.18. The van der Waals surface area contributed by atoms with E-state index in [2.05, 4.69) is 4.90 Å². The Labute approximate surface area is 106 Å². The van der Waals surface area contributed by atoms with Crippen LogP contribution in [-0.2, 0) is 11.3 Å². The van der Waals surface area contributed by atoms with Gasteiger partial charge in [-0.05, 0) is 24.6 Å². The van der Waals surface area contributed by atoms with Crippen LogP contribution in [0.4, 0.5) is 4.39 Å². The topological polar surface area (TPSA) is 58.7 Å². The number of nitrogens with two attached hydrogens (primary N) is 1. The van der Waals surface area contributed by atoms with Gasteiger partial charge in [-0.15, -0.1) is 0 Å². The van der Waals surface area contributed by atoms with E-state index in [0.717, 1.165) is 18.7 Å². The molecular weight excluding hydrogens is 235 g/mol. The lowest BCUT2D eigenvalue weighted by Gasteiger charge is -2.34. The van der Waals surface area contributed by atoms with Gasteiger partial charge in [-0.3, -0.25) is 4.90 Å². The van der Waals surface area contributed by atoms with Gasteiger partial charge < -0.3 is 15.6 Å². The minimum Gasteiger partial charge on any atom is -0.505 e. The number of benzene rings is 1. The van der Waals surface area contributed by atoms with Crippen molar-refractivity contribution in [1.29, 1.82) is 0 Å². The number of rotatable bonds is 3. The Morgan fingerprint density at radius 2 is 2.39 bits per heavy atom. The predicted molar refractivity (Wildman–Crippen MR) is 66.7 cm³/mol. The lowest BCUT2D eigenvalue weighted by molar-refractivity contribution is -0.0403. The molecule has 1 heterocycles. The molecule has 1 aromatic carbocycles. The van der Waals surface area contributed by atoms with Crippen LogP contribution in [0.1, 0.15) is 12.5 Å². The number of ether oxygens (including phenoxy) is 1. The molecule has 1 aromatic rings. The highest BCUT2D eigenvalue weighted by atomic mass is 19.1. The summed E-state index contributed by atoms with van der Waals surface area (Å²) in [6, 6.07) is 4.47. The fourth-order valence-corrected chi connectivity index (χ4v) is 2.10. The van der Waals surface area contributed by atoms with Crippen molar-refractivity contribution >= 4 is 0 Å². The molecular formula is C13H19FN2O2. The third-order valence-corrected chi connectivity index (χ3v) is 3.18. The molecule has 4 nitrogen and oxygen atoms in total. The van der Waals surface area contributed by atoms with Gasteiger partial charge in [0, 0.05) is 25.7 Å². The average molecular weight is 254 g/mol. The Balaban J connectivity index is 1.98. The van der Waals surface area contributed by atoms with Crippen molar-refractivity contribution < 1.29 is 14.2 Å². The lowest BCUT2D eigenvalue weighted by Crippen LogP contribution is -2.49. The highest BCUT2D eigenvalue weighted by molar-refractivity contribution is 5.27. The molecule has 2 atom stereocenters. The van der Waals surface area contributed by atoms with Crippen LogP contribution in [-0.4, -0.2) is 41.8 Å². The van der Waals surface area contributed by atoms with Gasteiger partial charge in [0.25, 0.3) is 0 Å². The van der Waals surface area contributed by atoms with Gasteiger partial charge in [0.1, 0.15) is 0 Å². The molecule has 0 aromatic heterocycles. The third kappa shape index (κ3) is 3.19. The second-order valence-corrected chi connectivity index (χ2v) is 4.79. The van der Waals surface area contributed by atoms with Crippen LogP contribution in [0.5, 0.6) is 5.75 Å². The van der Waals surface area contributed by atoms with Crippen LogP contribution in [0.25, 0.3) is 0 Å². The van der Waals surface area contributed by atoms with E-state index >= 15 is 0 Å². The number of nitrogens with zero attached hydrogens (tertiary/aromatic N) is 1. The van der Waals surface area contributed by atoms with Gasteiger partial charge in [-0.1, -0.05) is 6.07 Å². The molecule has 2 unspecified atom stereocenters. The van der Waals surface area contributed by atoms with E-state index < -0.39 is 5.82 Å². The normalized spacial score (nSPS) is 22.9. The van der Waals surface area contributed by atoms with E-state index in [-0.39, 0.29) is 17.9 Å². The Morgan fingerprint density at radius 3 is 3.06 bits per heavy atom. The molecule has 1 saturated heterocycles. The summed E-state index contributed by atoms with van der Waals surface area (Å²) >= 11 is 0. The summed E-state index contributed by atoms with van der Waals surface area (Å²) in [5.74, 6) is -0.890. The largest absolute Gasteiger partial charge is 0.505 e. The van der Waals surface area contributed by atoms with Crippen molar-refractivity contribution in [1.82, 2.24) is 4.90 Å². The first-order valence-corrected chi connectivity index (χ1v) is 6.13. The molecule has 0 spiro atoms. The van der Waals surface area contributed by atoms with E-state index in [1.165, 1.54) is 12.1 Å². The molecule has 100 valence electrons. The van der Waals surface area contributed by atoms with Gasteiger partial charge in [-0.2, -0.15) is 0 Å². The van der Waals surface area contributed by atoms with Crippen molar-refractivity contribution in [2.45, 2.75) is 25.6 Å². The van der Waals surface area contributed by atoms with Gasteiger partial charge in [0.15, 0.2) is 11.6 Å². The van der Waals surface area contributed by atoms with Crippen LogP contribution in [0.2, 0.25) is 0 Å². The van der Waals surface area contributed by atoms with Gasteiger partial charge >= 0.3 is 0 Å². The van der Waals surface area contributed by atoms with Crippen molar-refractivity contribution in [3.8, 4) is 5.75 Å². The summed E-state index contributed by atoms with van der Waals surface area (Å²) in [6.45, 7) is 4.77. The highest BCUT2D eigenvalue weighted by Crippen LogP contribution is 2.18. The second-order valence-electron chi connectivity index (χ2n) is 4.79. The third-order valence-electron chi connectivity index (χ3n) is 3.18. The summed E-state index contributed by atoms with van der Waals surface area (Å²) in [7, 11) is 0. The van der Waals surface area contributed by atoms with Crippen molar-refractivity contribution in [2.75, 3.05) is 19.7 Å². The maximum atomic E-state index is 13.2. The summed E-state index contributed by atoms with van der Waals surface area (Å²) < 4.78 is 18.8. The first kappa shape index (κ1) is 13.3. The Hall–Kier alpha value is -1.17. The number of phenolic OH excluding ortho intramolecular Hbond substituents is 1. The SMILES string of the molecule is CC(N)C1CN(Cc2ccc(O)c(F)c2)CCO1. The molecule has 0 bridgehead atoms. The molecule has 2 rings (SSSR count). The fourth-order valence-electron chi connectivity index (χ4n) is 2.10. The van der Waals surface area contributed by atoms with Crippen LogP contribution >= 0.6 is 0 Å². The van der Waals surface area contributed by atoms with E-state index in [9.17, 15) is 4.39 Å². The smallest absolute Gasteiger partial charge is 0.165 e. The number of halogens is 1. The number of morpholine rings is 1. The Morgan fingerprint density at radius 1 is 1.61 bits per heavy atom. The zero-order valence-electron chi connectivity index (χ0n) is 10.5. The molecule has 0 amide bonds. The number of phenols is 1. The number of hydrogen-bond donors (Lipinski definition) is 2. The number of aromatic hydroxyl groups is 1. The van der Waals surface area contributed by atoms with Crippen molar-refractivity contribution in [2.24, 2.45) is 5.73 Å². The summed E-state index contributed by atoms with van der Waals surface area (Å²) in [5.41, 5.74) is 6.67. The van der Waals surface area contributed by atoms with Crippen LogP contribution in [0.3, 0.4) is 0 Å². The molecule has 0 radical (unpaired) electrons. The minimum absolute atomic E-state index is 0.00986. The van der Waals surface area contributed by atoms with E-state index in [4.69, 9.17) is 15.6 Å². The average Bonchev–Trinajstić information content (AvgIpc) is 2.34. The fraction of sp³-hybridized carbons (Fsp3) is 0.538. The Kier molecular flexibility index (Phi) is 4.16. The standard InChI is InChI=1S/C13H19FN2O2/c1-9(15)13-8-16(4-5-18-13)7-10-2-3-12(17)11(14)6-10/h2-3,6,9,13,17H,4-5,7-8,15H2,1H3. The van der Waals surface area contributed by atoms with E-state index in [1.807, 2.05) is 6.92 Å². The quantitative estimate of drug-likeness (QED) is 0.847. The zero-order chi connectivity index (χ0) is 13.1. The number of hydrogen-bond acceptors (Lipinski definition) is 4. The van der Waals surface area contributed by atoms with Crippen LogP contribution in [0, 0.1) is 5.82 Å². The summed E-state index contributed by atoms with van der Waals surface area (Å²) in [5, 5.41) is 9.14. The van der Waals surface area contributed by atoms with Crippen molar-refractivity contribution in [3.63, 3.8) is 0 Å². The Bertz CT molecular complexity index is 412. The molecule has 1 fully saturated rings. The summed E-state index contributed by atoms with van der Waals surface area (Å²) in [6.07, 6.45) is 0.0284. The monoisotopic (exact) mass is 254 g/mol. The first-order valence-electron chi connectivity index (χ1n) is 6.13. The van der Waals surface area contributed by atoms with Crippen LogP contribution < -0.4 is 5.73 Å². The molecule has 5 heteroatoms. The molecule has 18 heavy (non-hydrogen) atoms. The zero-order valence-corrected chi connectivity index (χ0v) is 10.5. The molecule has 3 N–H and O–H groups in total. The molecule has 0 aliphatic carbocycles. The minimum atomic E-state index is -0.579. The molecule has 1 aliphatic heterocycles. The molecule has 1 aliphatic rings. The highest BCUT2D eigenvalue weighted by Gasteiger charge is 2.23. The second kappa shape index (κ2) is 5.65. The maximum Gasteiger partial charge on any atom is 0.165 e. The first-order chi connectivity index (χ1) is 8.56. The predicted octanol–water partition coefficient (Wildman–Crippen LogP) is 1.08. The van der Waals surface area contributed by atoms with Gasteiger partial charge in [0.05, 0.1) is 12.7 Å². The van der Waals surface area contributed by atoms with Crippen molar-refractivity contribution in [3.05, 3.63) is 29.6 Å². The molecule has 0 saturated carbocycles. The lowest BCUT2D eigenvalue weighted by atomic mass is 10.1. The van der Waals surface area contributed by atoms with E-state index in [1.54, 1.807) is 6.07 Å².